The van der Waals surface area contributed by atoms with E-state index in [1.165, 1.54) is 25.7 Å². The van der Waals surface area contributed by atoms with Crippen molar-refractivity contribution < 1.29 is 8.42 Å². The van der Waals surface area contributed by atoms with Gasteiger partial charge in [-0.2, -0.15) is 0 Å². The van der Waals surface area contributed by atoms with Crippen LogP contribution in [0.3, 0.4) is 0 Å². The third-order valence-corrected chi connectivity index (χ3v) is 6.78. The first kappa shape index (κ1) is 17.3. The Morgan fingerprint density at radius 1 is 1.38 bits per heavy atom. The van der Waals surface area contributed by atoms with Crippen molar-refractivity contribution in [1.29, 1.82) is 0 Å². The Morgan fingerprint density at radius 3 is 2.79 bits per heavy atom. The van der Waals surface area contributed by atoms with E-state index >= 15 is 0 Å². The number of hydrogen-bond acceptors (Lipinski definition) is 3. The summed E-state index contributed by atoms with van der Waals surface area (Å²) in [6.07, 6.45) is 7.58. The van der Waals surface area contributed by atoms with Crippen LogP contribution in [0.2, 0.25) is 0 Å². The van der Waals surface area contributed by atoms with Gasteiger partial charge in [0.05, 0.1) is 18.1 Å². The van der Waals surface area contributed by atoms with Crippen LogP contribution in [0.1, 0.15) is 37.8 Å². The molecule has 1 aromatic heterocycles. The van der Waals surface area contributed by atoms with Gasteiger partial charge in [0.25, 0.3) is 0 Å². The lowest BCUT2D eigenvalue weighted by Crippen LogP contribution is -2.43. The summed E-state index contributed by atoms with van der Waals surface area (Å²) >= 11 is 0. The largest absolute Gasteiger partial charge is 0.364 e. The Bertz CT molecular complexity index is 648. The van der Waals surface area contributed by atoms with Crippen LogP contribution < -0.4 is 5.32 Å². The van der Waals surface area contributed by atoms with Crippen molar-refractivity contribution in [2.75, 3.05) is 25.1 Å². The van der Waals surface area contributed by atoms with Crippen molar-refractivity contribution >= 4 is 15.8 Å². The van der Waals surface area contributed by atoms with Crippen LogP contribution in [0.5, 0.6) is 0 Å². The van der Waals surface area contributed by atoms with Crippen molar-refractivity contribution in [2.24, 2.45) is 10.9 Å². The summed E-state index contributed by atoms with van der Waals surface area (Å²) in [5.74, 6) is 1.65. The van der Waals surface area contributed by atoms with Gasteiger partial charge in [0.1, 0.15) is 0 Å². The van der Waals surface area contributed by atoms with Gasteiger partial charge in [-0.05, 0) is 37.3 Å². The number of hydrogen-bond donors (Lipinski definition) is 2. The summed E-state index contributed by atoms with van der Waals surface area (Å²) in [7, 11) is -0.801. The minimum absolute atomic E-state index is 0.161. The van der Waals surface area contributed by atoms with E-state index in [0.717, 1.165) is 24.6 Å². The van der Waals surface area contributed by atoms with Crippen molar-refractivity contribution in [3.8, 4) is 0 Å². The van der Waals surface area contributed by atoms with E-state index in [9.17, 15) is 8.42 Å². The fraction of sp³-hybridized carbons (Fsp3) is 0.706. The lowest BCUT2D eigenvalue weighted by Gasteiger charge is -2.25. The maximum atomic E-state index is 11.6. The Hall–Kier alpha value is -1.50. The average Bonchev–Trinajstić information content (AvgIpc) is 3.26. The Morgan fingerprint density at radius 2 is 2.17 bits per heavy atom. The van der Waals surface area contributed by atoms with E-state index in [-0.39, 0.29) is 11.7 Å². The second-order valence-corrected chi connectivity index (χ2v) is 9.34. The van der Waals surface area contributed by atoms with Gasteiger partial charge in [0.15, 0.2) is 15.8 Å². The van der Waals surface area contributed by atoms with E-state index < -0.39 is 9.84 Å². The molecule has 0 radical (unpaired) electrons. The maximum Gasteiger partial charge on any atom is 0.194 e. The molecule has 2 N–H and O–H groups in total. The number of nitrogens with one attached hydrogen (secondary N) is 2. The first-order valence-corrected chi connectivity index (χ1v) is 10.7. The minimum atomic E-state index is -2.84. The molecule has 7 heteroatoms. The summed E-state index contributed by atoms with van der Waals surface area (Å²) in [6.45, 7) is 1.35. The molecule has 1 unspecified atom stereocenters. The van der Waals surface area contributed by atoms with E-state index in [2.05, 4.69) is 21.3 Å². The number of guanidine groups is 1. The monoisotopic (exact) mass is 352 g/mol. The Labute approximate surface area is 144 Å². The van der Waals surface area contributed by atoms with E-state index in [1.807, 2.05) is 19.3 Å². The van der Waals surface area contributed by atoms with Gasteiger partial charge in [-0.15, -0.1) is 0 Å². The molecule has 0 aromatic carbocycles. The van der Waals surface area contributed by atoms with Gasteiger partial charge in [-0.1, -0.05) is 12.8 Å². The predicted molar refractivity (Wildman–Crippen MR) is 96.7 cm³/mol. The van der Waals surface area contributed by atoms with Crippen molar-refractivity contribution in [3.05, 3.63) is 24.0 Å². The van der Waals surface area contributed by atoms with E-state index in [1.54, 1.807) is 0 Å². The van der Waals surface area contributed by atoms with E-state index in [4.69, 9.17) is 4.99 Å². The summed E-state index contributed by atoms with van der Waals surface area (Å²) in [6, 6.07) is 4.54. The third-order valence-electron chi connectivity index (χ3n) is 4.95. The Balaban J connectivity index is 1.64. The molecule has 1 aliphatic carbocycles. The lowest BCUT2D eigenvalue weighted by atomic mass is 10.1. The molecular weight excluding hydrogens is 324 g/mol. The highest BCUT2D eigenvalue weighted by Crippen LogP contribution is 2.20. The molecule has 1 saturated heterocycles. The summed E-state index contributed by atoms with van der Waals surface area (Å²) < 4.78 is 23.3. The lowest BCUT2D eigenvalue weighted by molar-refractivity contribution is 0.449. The summed E-state index contributed by atoms with van der Waals surface area (Å²) in [5, 5.41) is 3.59. The van der Waals surface area contributed by atoms with Crippen molar-refractivity contribution in [2.45, 2.75) is 44.7 Å². The normalized spacial score (nSPS) is 24.4. The molecule has 1 aromatic rings. The van der Waals surface area contributed by atoms with Gasteiger partial charge >= 0.3 is 0 Å². The van der Waals surface area contributed by atoms with Gasteiger partial charge in [-0.3, -0.25) is 4.99 Å². The third kappa shape index (κ3) is 4.75. The van der Waals surface area contributed by atoms with Gasteiger partial charge in [0.2, 0.25) is 0 Å². The maximum absolute atomic E-state index is 11.6. The predicted octanol–water partition coefficient (Wildman–Crippen LogP) is 1.77. The summed E-state index contributed by atoms with van der Waals surface area (Å²) in [5.41, 5.74) is 1.14. The van der Waals surface area contributed by atoms with Gasteiger partial charge in [0, 0.05) is 31.5 Å². The molecule has 134 valence electrons. The van der Waals surface area contributed by atoms with Crippen LogP contribution in [0.15, 0.2) is 23.3 Å². The highest BCUT2D eigenvalue weighted by Gasteiger charge is 2.28. The number of aromatic amines is 1. The molecule has 0 amide bonds. The first-order valence-electron chi connectivity index (χ1n) is 8.87. The highest BCUT2D eigenvalue weighted by molar-refractivity contribution is 7.91. The first-order chi connectivity index (χ1) is 11.5. The molecule has 6 nitrogen and oxygen atoms in total. The Kier molecular flexibility index (Phi) is 5.48. The van der Waals surface area contributed by atoms with Crippen LogP contribution in [0.25, 0.3) is 0 Å². The topological polar surface area (TPSA) is 77.6 Å². The zero-order chi connectivity index (χ0) is 17.0. The molecule has 1 saturated carbocycles. The number of sulfone groups is 1. The van der Waals surface area contributed by atoms with Crippen LogP contribution in [0, 0.1) is 5.92 Å². The smallest absolute Gasteiger partial charge is 0.194 e. The molecule has 2 aliphatic rings. The second kappa shape index (κ2) is 7.59. The van der Waals surface area contributed by atoms with Gasteiger partial charge < -0.3 is 15.2 Å². The zero-order valence-corrected chi connectivity index (χ0v) is 15.2. The fourth-order valence-electron chi connectivity index (χ4n) is 3.56. The molecule has 0 bridgehead atoms. The molecule has 2 heterocycles. The molecule has 3 rings (SSSR count). The van der Waals surface area contributed by atoms with Crippen LogP contribution in [0.4, 0.5) is 0 Å². The fourth-order valence-corrected chi connectivity index (χ4v) is 5.41. The average molecular weight is 353 g/mol. The molecule has 24 heavy (non-hydrogen) atoms. The number of H-pyrrole nitrogens is 1. The highest BCUT2D eigenvalue weighted by atomic mass is 32.2. The van der Waals surface area contributed by atoms with E-state index in [0.29, 0.717) is 18.3 Å². The zero-order valence-electron chi connectivity index (χ0n) is 14.4. The van der Waals surface area contributed by atoms with Crippen molar-refractivity contribution in [3.63, 3.8) is 0 Å². The molecule has 1 atom stereocenters. The molecule has 2 fully saturated rings. The molecule has 0 spiro atoms. The number of rotatable bonds is 5. The number of aliphatic imine (C=N–C) groups is 1. The summed E-state index contributed by atoms with van der Waals surface area (Å²) in [4.78, 5) is 10.1. The molecule has 1 aliphatic heterocycles. The standard InChI is InChI=1S/C17H28N4O2S/c1-21(12-16-7-4-9-18-16)17(20-15-5-2-3-6-15)19-11-14-8-10-24(22,23)13-14/h4,7,9,14-15,18H,2-3,5-6,8,10-13H2,1H3,(H,19,20). The van der Waals surface area contributed by atoms with Crippen LogP contribution >= 0.6 is 0 Å². The minimum Gasteiger partial charge on any atom is -0.364 e. The van der Waals surface area contributed by atoms with Gasteiger partial charge in [-0.25, -0.2) is 8.42 Å². The van der Waals surface area contributed by atoms with Crippen LogP contribution in [-0.2, 0) is 16.4 Å². The number of aromatic nitrogens is 1. The quantitative estimate of drug-likeness (QED) is 0.625. The molecular formula is C17H28N4O2S. The number of nitrogens with zero attached hydrogens (tertiary/aromatic N) is 2. The van der Waals surface area contributed by atoms with Crippen molar-refractivity contribution in [1.82, 2.24) is 15.2 Å². The SMILES string of the molecule is CN(Cc1ccc[nH]1)C(=NCC1CCS(=O)(=O)C1)NC1CCCC1. The second-order valence-electron chi connectivity index (χ2n) is 7.11. The van der Waals surface area contributed by atoms with Crippen LogP contribution in [-0.4, -0.2) is 55.4 Å².